The molecule has 2 atom stereocenters. The number of carbonyl (C=O) groups is 3. The van der Waals surface area contributed by atoms with Crippen LogP contribution in [-0.2, 0) is 28.6 Å². The molecule has 0 fully saturated rings. The van der Waals surface area contributed by atoms with Gasteiger partial charge < -0.3 is 28.6 Å². The lowest BCUT2D eigenvalue weighted by Gasteiger charge is -2.34. The van der Waals surface area contributed by atoms with Gasteiger partial charge in [-0.25, -0.2) is 0 Å². The van der Waals surface area contributed by atoms with Crippen LogP contribution in [0.3, 0.4) is 0 Å². The van der Waals surface area contributed by atoms with Gasteiger partial charge in [0, 0.05) is 19.3 Å². The maximum Gasteiger partial charge on any atom is 0.306 e. The van der Waals surface area contributed by atoms with E-state index in [1.807, 2.05) is 0 Å². The number of rotatable bonds is 32. The molecule has 0 aliphatic heterocycles. The molecule has 0 heterocycles. The van der Waals surface area contributed by atoms with Crippen molar-refractivity contribution in [3.8, 4) is 0 Å². The minimum Gasteiger partial charge on any atom is -0.544 e. The van der Waals surface area contributed by atoms with E-state index in [2.05, 4.69) is 74.6 Å². The third-order valence-electron chi connectivity index (χ3n) is 7.89. The topological polar surface area (TPSA) is 102 Å². The second kappa shape index (κ2) is 32.2. The number of hydrogen-bond acceptors (Lipinski definition) is 7. The first-order valence-electron chi connectivity index (χ1n) is 18.8. The van der Waals surface area contributed by atoms with Gasteiger partial charge in [0.2, 0.25) is 0 Å². The molecule has 0 saturated carbocycles. The van der Waals surface area contributed by atoms with E-state index in [4.69, 9.17) is 14.2 Å². The molecule has 0 rings (SSSR count). The van der Waals surface area contributed by atoms with Crippen molar-refractivity contribution in [2.45, 2.75) is 142 Å². The molecule has 0 saturated heterocycles. The molecule has 8 heteroatoms. The van der Waals surface area contributed by atoms with Gasteiger partial charge in [-0.2, -0.15) is 0 Å². The number of likely N-dealkylation sites (N-methyl/N-ethyl adjacent to an activating group) is 1. The van der Waals surface area contributed by atoms with Gasteiger partial charge in [0.05, 0.1) is 40.3 Å². The zero-order valence-corrected chi connectivity index (χ0v) is 31.6. The minimum absolute atomic E-state index is 0.0163. The van der Waals surface area contributed by atoms with E-state index in [0.29, 0.717) is 12.8 Å². The highest BCUT2D eigenvalue weighted by molar-refractivity contribution is 5.70. The predicted molar refractivity (Wildman–Crippen MR) is 199 cm³/mol. The monoisotopic (exact) mass is 688 g/mol. The fraction of sp³-hybridized carbons (Fsp3) is 0.683. The Morgan fingerprint density at radius 2 is 1.16 bits per heavy atom. The molecule has 0 aliphatic rings. The summed E-state index contributed by atoms with van der Waals surface area (Å²) in [5, 5.41) is 11.6. The Hall–Kier alpha value is -2.97. The van der Waals surface area contributed by atoms with E-state index >= 15 is 0 Å². The molecule has 0 N–H and O–H groups in total. The number of nitrogens with zero attached hydrogens (tertiary/aromatic N) is 1. The van der Waals surface area contributed by atoms with Crippen molar-refractivity contribution >= 4 is 17.9 Å². The molecule has 0 bridgehead atoms. The first-order valence-corrected chi connectivity index (χ1v) is 18.8. The number of esters is 2. The number of aliphatic carboxylic acids is 1. The molecular weight excluding hydrogens is 618 g/mol. The Morgan fingerprint density at radius 3 is 1.73 bits per heavy atom. The summed E-state index contributed by atoms with van der Waals surface area (Å²) in [6, 6.07) is -0.735. The number of carboxylic acids is 1. The summed E-state index contributed by atoms with van der Waals surface area (Å²) < 4.78 is 17.0. The number of ether oxygens (including phenoxy) is 3. The second-order valence-corrected chi connectivity index (χ2v) is 13.4. The Balaban J connectivity index is 4.49. The predicted octanol–water partition coefficient (Wildman–Crippen LogP) is 8.13. The zero-order chi connectivity index (χ0) is 36.4. The average molecular weight is 688 g/mol. The molecule has 0 aromatic carbocycles. The number of carboxylic acid groups (broad SMARTS) is 1. The Labute approximate surface area is 298 Å². The smallest absolute Gasteiger partial charge is 0.306 e. The Kier molecular flexibility index (Phi) is 30.3. The van der Waals surface area contributed by atoms with E-state index in [1.165, 1.54) is 25.7 Å². The van der Waals surface area contributed by atoms with Crippen LogP contribution in [0.1, 0.15) is 129 Å². The van der Waals surface area contributed by atoms with Gasteiger partial charge in [0.25, 0.3) is 0 Å². The fourth-order valence-corrected chi connectivity index (χ4v) is 4.94. The molecule has 8 nitrogen and oxygen atoms in total. The maximum absolute atomic E-state index is 12.6. The molecule has 0 amide bonds. The summed E-state index contributed by atoms with van der Waals surface area (Å²) in [7, 11) is 5.36. The molecule has 0 spiro atoms. The fourth-order valence-electron chi connectivity index (χ4n) is 4.94. The van der Waals surface area contributed by atoms with Crippen LogP contribution in [0.5, 0.6) is 0 Å². The summed E-state index contributed by atoms with van der Waals surface area (Å²) in [6.07, 6.45) is 36.9. The van der Waals surface area contributed by atoms with Gasteiger partial charge in [-0.15, -0.1) is 0 Å². The summed E-state index contributed by atoms with van der Waals surface area (Å²) in [4.78, 5) is 36.5. The highest BCUT2D eigenvalue weighted by Gasteiger charge is 2.25. The number of allylic oxidation sites excluding steroid dienone is 10. The normalized spacial score (nSPS) is 13.7. The summed E-state index contributed by atoms with van der Waals surface area (Å²) >= 11 is 0. The summed E-state index contributed by atoms with van der Waals surface area (Å²) in [5.41, 5.74) is 0. The maximum atomic E-state index is 12.6. The first-order chi connectivity index (χ1) is 23.6. The van der Waals surface area contributed by atoms with Crippen LogP contribution in [0, 0.1) is 0 Å². The van der Waals surface area contributed by atoms with Crippen molar-refractivity contribution in [1.82, 2.24) is 0 Å². The standard InChI is InChI=1S/C41H69NO7/c1-6-8-10-12-14-16-17-18-19-20-21-22-24-25-27-29-31-39(43)48-36-37(35-47-34-33-38(41(45)46)42(3,4)5)49-40(44)32-30-28-26-23-15-13-11-9-7-2/h8,10,14,16,18-19,21-23,26,37-38H,6-7,9,11-13,15,17,20,24-25,27-36H2,1-5H3/b10-8+,16-14+,19-18+,22-21+,26-23+. The van der Waals surface area contributed by atoms with Crippen LogP contribution in [0.25, 0.3) is 0 Å². The van der Waals surface area contributed by atoms with E-state index in [9.17, 15) is 19.5 Å². The first kappa shape index (κ1) is 46.0. The highest BCUT2D eigenvalue weighted by Crippen LogP contribution is 2.11. The lowest BCUT2D eigenvalue weighted by Crippen LogP contribution is -2.55. The van der Waals surface area contributed by atoms with Crippen LogP contribution in [0.4, 0.5) is 0 Å². The van der Waals surface area contributed by atoms with E-state index in [1.54, 1.807) is 21.1 Å². The van der Waals surface area contributed by atoms with Crippen LogP contribution in [0.2, 0.25) is 0 Å². The van der Waals surface area contributed by atoms with E-state index < -0.39 is 18.1 Å². The minimum atomic E-state index is -1.14. The molecule has 0 radical (unpaired) electrons. The van der Waals surface area contributed by atoms with Crippen molar-refractivity contribution < 1.29 is 38.2 Å². The summed E-state index contributed by atoms with van der Waals surface area (Å²) in [6.45, 7) is 4.41. The van der Waals surface area contributed by atoms with Crippen LogP contribution >= 0.6 is 0 Å². The van der Waals surface area contributed by atoms with Gasteiger partial charge in [-0.1, -0.05) is 100 Å². The third kappa shape index (κ3) is 30.8. The Bertz CT molecular complexity index is 990. The van der Waals surface area contributed by atoms with Crippen LogP contribution in [-0.4, -0.2) is 75.5 Å². The van der Waals surface area contributed by atoms with Gasteiger partial charge in [0.15, 0.2) is 6.10 Å². The van der Waals surface area contributed by atoms with Crippen molar-refractivity contribution in [3.63, 3.8) is 0 Å². The highest BCUT2D eigenvalue weighted by atomic mass is 16.6. The Morgan fingerprint density at radius 1 is 0.633 bits per heavy atom. The number of quaternary nitrogens is 1. The molecule has 0 aromatic heterocycles. The number of carbonyl (C=O) groups excluding carboxylic acids is 3. The number of unbranched alkanes of at least 4 members (excludes halogenated alkanes) is 8. The molecule has 0 aliphatic carbocycles. The lowest BCUT2D eigenvalue weighted by molar-refractivity contribution is -0.889. The van der Waals surface area contributed by atoms with E-state index in [-0.39, 0.29) is 49.1 Å². The molecule has 49 heavy (non-hydrogen) atoms. The van der Waals surface area contributed by atoms with Crippen LogP contribution < -0.4 is 5.11 Å². The van der Waals surface area contributed by atoms with Crippen molar-refractivity contribution in [3.05, 3.63) is 60.8 Å². The van der Waals surface area contributed by atoms with E-state index in [0.717, 1.165) is 64.2 Å². The molecular formula is C41H69NO7. The average Bonchev–Trinajstić information content (AvgIpc) is 3.05. The SMILES string of the molecule is CC/C=C/C/C=C/C/C=C/C/C=C/CCCCCC(=O)OCC(COCCC(C(=O)[O-])[N+](C)(C)C)OC(=O)CCC/C=C/CCCCCC. The number of hydrogen-bond donors (Lipinski definition) is 0. The lowest BCUT2D eigenvalue weighted by atomic mass is 10.1. The summed E-state index contributed by atoms with van der Waals surface area (Å²) in [5.74, 6) is -1.83. The third-order valence-corrected chi connectivity index (χ3v) is 7.89. The molecule has 280 valence electrons. The second-order valence-electron chi connectivity index (χ2n) is 13.4. The van der Waals surface area contributed by atoms with Gasteiger partial charge in [0.1, 0.15) is 12.6 Å². The largest absolute Gasteiger partial charge is 0.544 e. The van der Waals surface area contributed by atoms with Gasteiger partial charge in [-0.3, -0.25) is 9.59 Å². The van der Waals surface area contributed by atoms with Crippen molar-refractivity contribution in [2.24, 2.45) is 0 Å². The molecule has 0 aromatic rings. The van der Waals surface area contributed by atoms with Crippen LogP contribution in [0.15, 0.2) is 60.8 Å². The quantitative estimate of drug-likeness (QED) is 0.0305. The zero-order valence-electron chi connectivity index (χ0n) is 31.6. The van der Waals surface area contributed by atoms with Crippen molar-refractivity contribution in [1.29, 1.82) is 0 Å². The van der Waals surface area contributed by atoms with Gasteiger partial charge in [-0.05, 0) is 70.6 Å². The molecule has 2 unspecified atom stereocenters. The van der Waals surface area contributed by atoms with Gasteiger partial charge >= 0.3 is 11.9 Å². The van der Waals surface area contributed by atoms with Crippen molar-refractivity contribution in [2.75, 3.05) is 41.0 Å².